The molecule has 2 rings (SSSR count). The molecule has 0 spiro atoms. The van der Waals surface area contributed by atoms with Crippen molar-refractivity contribution in [1.29, 1.82) is 0 Å². The Morgan fingerprint density at radius 3 is 2.65 bits per heavy atom. The normalized spacial score (nSPS) is 20.4. The van der Waals surface area contributed by atoms with Gasteiger partial charge in [-0.3, -0.25) is 4.90 Å². The summed E-state index contributed by atoms with van der Waals surface area (Å²) >= 11 is 3.43. The Balaban J connectivity index is 1.90. The summed E-state index contributed by atoms with van der Waals surface area (Å²) in [5.41, 5.74) is 0.985. The maximum atomic E-state index is 10.2. The summed E-state index contributed by atoms with van der Waals surface area (Å²) in [5, 5.41) is 10.2. The van der Waals surface area contributed by atoms with E-state index in [1.54, 1.807) is 0 Å². The van der Waals surface area contributed by atoms with E-state index < -0.39 is 6.10 Å². The van der Waals surface area contributed by atoms with Gasteiger partial charge in [0.1, 0.15) is 0 Å². The van der Waals surface area contributed by atoms with E-state index in [9.17, 15) is 5.11 Å². The molecule has 0 saturated carbocycles. The Hall–Kier alpha value is -0.420. The van der Waals surface area contributed by atoms with Crippen molar-refractivity contribution >= 4 is 15.9 Å². The number of hydrogen-bond acceptors (Lipinski definition) is 3. The SMILES string of the molecule is CN1CCN(CC(O)c2cccc(Br)c2)CC1. The van der Waals surface area contributed by atoms with E-state index >= 15 is 0 Å². The molecule has 1 fully saturated rings. The van der Waals surface area contributed by atoms with Crippen LogP contribution in [0.2, 0.25) is 0 Å². The molecule has 1 saturated heterocycles. The van der Waals surface area contributed by atoms with Crippen molar-refractivity contribution in [3.05, 3.63) is 34.3 Å². The van der Waals surface area contributed by atoms with Crippen molar-refractivity contribution in [3.63, 3.8) is 0 Å². The molecular weight excluding hydrogens is 280 g/mol. The number of halogens is 1. The van der Waals surface area contributed by atoms with Gasteiger partial charge in [0, 0.05) is 37.2 Å². The zero-order valence-corrected chi connectivity index (χ0v) is 11.7. The fourth-order valence-electron chi connectivity index (χ4n) is 2.09. The predicted octanol–water partition coefficient (Wildman–Crippen LogP) is 1.73. The molecule has 0 bridgehead atoms. The van der Waals surface area contributed by atoms with Crippen LogP contribution in [0.3, 0.4) is 0 Å². The van der Waals surface area contributed by atoms with Crippen molar-refractivity contribution in [2.75, 3.05) is 39.8 Å². The summed E-state index contributed by atoms with van der Waals surface area (Å²) in [6, 6.07) is 7.91. The predicted molar refractivity (Wildman–Crippen MR) is 73.0 cm³/mol. The van der Waals surface area contributed by atoms with Crippen LogP contribution >= 0.6 is 15.9 Å². The number of likely N-dealkylation sites (N-methyl/N-ethyl adjacent to an activating group) is 1. The van der Waals surface area contributed by atoms with Gasteiger partial charge >= 0.3 is 0 Å². The highest BCUT2D eigenvalue weighted by Crippen LogP contribution is 2.19. The first-order valence-corrected chi connectivity index (χ1v) is 6.79. The van der Waals surface area contributed by atoms with Crippen molar-refractivity contribution < 1.29 is 5.11 Å². The summed E-state index contributed by atoms with van der Waals surface area (Å²) in [6.45, 7) is 4.99. The maximum absolute atomic E-state index is 10.2. The van der Waals surface area contributed by atoms with Crippen LogP contribution in [0.25, 0.3) is 0 Å². The molecule has 1 unspecified atom stereocenters. The minimum absolute atomic E-state index is 0.393. The molecule has 4 heteroatoms. The Morgan fingerprint density at radius 2 is 2.00 bits per heavy atom. The molecule has 17 heavy (non-hydrogen) atoms. The summed E-state index contributed by atoms with van der Waals surface area (Å²) in [7, 11) is 2.14. The van der Waals surface area contributed by atoms with Crippen molar-refractivity contribution in [1.82, 2.24) is 9.80 Å². The van der Waals surface area contributed by atoms with Crippen molar-refractivity contribution in [2.24, 2.45) is 0 Å². The minimum atomic E-state index is -0.393. The summed E-state index contributed by atoms with van der Waals surface area (Å²) in [4.78, 5) is 4.65. The second-order valence-corrected chi connectivity index (χ2v) is 5.59. The van der Waals surface area contributed by atoms with Gasteiger partial charge in [-0.15, -0.1) is 0 Å². The van der Waals surface area contributed by atoms with Gasteiger partial charge in [-0.25, -0.2) is 0 Å². The van der Waals surface area contributed by atoms with E-state index in [4.69, 9.17) is 0 Å². The van der Waals surface area contributed by atoms with Crippen LogP contribution in [0.5, 0.6) is 0 Å². The smallest absolute Gasteiger partial charge is 0.0917 e. The fourth-order valence-corrected chi connectivity index (χ4v) is 2.51. The van der Waals surface area contributed by atoms with E-state index in [1.165, 1.54) is 0 Å². The van der Waals surface area contributed by atoms with Gasteiger partial charge in [0.25, 0.3) is 0 Å². The fraction of sp³-hybridized carbons (Fsp3) is 0.538. The van der Waals surface area contributed by atoms with Gasteiger partial charge < -0.3 is 10.0 Å². The summed E-state index contributed by atoms with van der Waals surface area (Å²) in [6.07, 6.45) is -0.393. The Kier molecular flexibility index (Phi) is 4.56. The zero-order chi connectivity index (χ0) is 12.3. The molecule has 0 aliphatic carbocycles. The third-order valence-electron chi connectivity index (χ3n) is 3.26. The number of rotatable bonds is 3. The second kappa shape index (κ2) is 5.96. The molecule has 1 aromatic rings. The van der Waals surface area contributed by atoms with Gasteiger partial charge in [-0.1, -0.05) is 28.1 Å². The quantitative estimate of drug-likeness (QED) is 0.921. The lowest BCUT2D eigenvalue weighted by molar-refractivity contribution is 0.0805. The Bertz CT molecular complexity index is 364. The molecule has 1 aliphatic rings. The number of nitrogens with zero attached hydrogens (tertiary/aromatic N) is 2. The van der Waals surface area contributed by atoms with Gasteiger partial charge in [-0.05, 0) is 24.7 Å². The van der Waals surface area contributed by atoms with E-state index in [2.05, 4.69) is 32.8 Å². The molecule has 1 aromatic carbocycles. The topological polar surface area (TPSA) is 26.7 Å². The number of hydrogen-bond donors (Lipinski definition) is 1. The minimum Gasteiger partial charge on any atom is -0.387 e. The molecule has 1 atom stereocenters. The summed E-state index contributed by atoms with van der Waals surface area (Å²) in [5.74, 6) is 0. The third kappa shape index (κ3) is 3.78. The third-order valence-corrected chi connectivity index (χ3v) is 3.75. The highest BCUT2D eigenvalue weighted by atomic mass is 79.9. The maximum Gasteiger partial charge on any atom is 0.0917 e. The van der Waals surface area contributed by atoms with Gasteiger partial charge in [0.15, 0.2) is 0 Å². The molecule has 0 radical (unpaired) electrons. The highest BCUT2D eigenvalue weighted by Gasteiger charge is 2.17. The van der Waals surface area contributed by atoms with Crippen LogP contribution in [-0.4, -0.2) is 54.7 Å². The van der Waals surface area contributed by atoms with Crippen molar-refractivity contribution in [2.45, 2.75) is 6.10 Å². The summed E-state index contributed by atoms with van der Waals surface area (Å²) < 4.78 is 1.02. The number of β-amino-alcohol motifs (C(OH)–C–C–N with tert-alkyl or cyclic N) is 1. The lowest BCUT2D eigenvalue weighted by Crippen LogP contribution is -2.45. The first-order chi connectivity index (χ1) is 8.15. The lowest BCUT2D eigenvalue weighted by atomic mass is 10.1. The molecule has 1 N–H and O–H groups in total. The molecule has 1 aliphatic heterocycles. The van der Waals surface area contributed by atoms with Crippen LogP contribution in [0.1, 0.15) is 11.7 Å². The molecule has 3 nitrogen and oxygen atoms in total. The standard InChI is InChI=1S/C13H19BrN2O/c1-15-5-7-16(8-6-15)10-13(17)11-3-2-4-12(14)9-11/h2-4,9,13,17H,5-8,10H2,1H3. The molecule has 0 amide bonds. The highest BCUT2D eigenvalue weighted by molar-refractivity contribution is 9.10. The number of piperazine rings is 1. The largest absolute Gasteiger partial charge is 0.387 e. The van der Waals surface area contributed by atoms with Crippen LogP contribution in [0, 0.1) is 0 Å². The van der Waals surface area contributed by atoms with Crippen molar-refractivity contribution in [3.8, 4) is 0 Å². The average molecular weight is 299 g/mol. The van der Waals surface area contributed by atoms with E-state index in [0.29, 0.717) is 0 Å². The molecule has 0 aromatic heterocycles. The van der Waals surface area contributed by atoms with E-state index in [-0.39, 0.29) is 0 Å². The zero-order valence-electron chi connectivity index (χ0n) is 10.1. The Labute approximate surface area is 111 Å². The number of aliphatic hydroxyl groups excluding tert-OH is 1. The number of aliphatic hydroxyl groups is 1. The first kappa shape index (κ1) is 13.0. The second-order valence-electron chi connectivity index (χ2n) is 4.67. The molecule has 94 valence electrons. The van der Waals surface area contributed by atoms with Crippen LogP contribution in [-0.2, 0) is 0 Å². The average Bonchev–Trinajstić information content (AvgIpc) is 2.32. The monoisotopic (exact) mass is 298 g/mol. The van der Waals surface area contributed by atoms with Crippen LogP contribution in [0.15, 0.2) is 28.7 Å². The van der Waals surface area contributed by atoms with Gasteiger partial charge in [0.2, 0.25) is 0 Å². The molecular formula is C13H19BrN2O. The van der Waals surface area contributed by atoms with Gasteiger partial charge in [0.05, 0.1) is 6.10 Å². The number of benzene rings is 1. The lowest BCUT2D eigenvalue weighted by Gasteiger charge is -2.33. The van der Waals surface area contributed by atoms with Crippen LogP contribution in [0.4, 0.5) is 0 Å². The Morgan fingerprint density at radius 1 is 1.29 bits per heavy atom. The van der Waals surface area contributed by atoms with Gasteiger partial charge in [-0.2, -0.15) is 0 Å². The van der Waals surface area contributed by atoms with E-state index in [0.717, 1.165) is 42.8 Å². The molecule has 1 heterocycles. The first-order valence-electron chi connectivity index (χ1n) is 5.99. The van der Waals surface area contributed by atoms with E-state index in [1.807, 2.05) is 24.3 Å². The van der Waals surface area contributed by atoms with Crippen LogP contribution < -0.4 is 0 Å².